The van der Waals surface area contributed by atoms with Crippen molar-refractivity contribution in [2.24, 2.45) is 5.92 Å². The zero-order valence-corrected chi connectivity index (χ0v) is 7.44. The minimum absolute atomic E-state index is 0.171. The highest BCUT2D eigenvalue weighted by Crippen LogP contribution is 2.01. The summed E-state index contributed by atoms with van der Waals surface area (Å²) in [6, 6.07) is 0. The summed E-state index contributed by atoms with van der Waals surface area (Å²) >= 11 is 0. The third-order valence-electron chi connectivity index (χ3n) is 0.961. The molecule has 0 aliphatic rings. The average Bonchev–Trinajstić information content (AvgIpc) is 1.90. The summed E-state index contributed by atoms with van der Waals surface area (Å²) < 4.78 is 12.0. The molecule has 0 N–H and O–H groups in total. The van der Waals surface area contributed by atoms with Crippen molar-refractivity contribution in [3.05, 3.63) is 0 Å². The molecule has 0 heterocycles. The minimum atomic E-state index is -1.30. The number of hydrogen-bond acceptors (Lipinski definition) is 1. The molecule has 0 rings (SSSR count). The van der Waals surface area contributed by atoms with Gasteiger partial charge in [0.2, 0.25) is 0 Å². The maximum atomic E-state index is 12.0. The molecule has 1 unspecified atom stereocenters. The molecule has 0 aliphatic heterocycles. The zero-order chi connectivity index (χ0) is 8.73. The predicted octanol–water partition coefficient (Wildman–Crippen LogP) is 2.60. The van der Waals surface area contributed by atoms with E-state index in [0.29, 0.717) is 0 Å². The van der Waals surface area contributed by atoms with Crippen LogP contribution in [0.4, 0.5) is 4.39 Å². The van der Waals surface area contributed by atoms with Crippen LogP contribution < -0.4 is 0 Å². The summed E-state index contributed by atoms with van der Waals surface area (Å²) in [5, 5.41) is 0. The summed E-state index contributed by atoms with van der Waals surface area (Å²) in [7, 11) is 0. The molecule has 62 valence electrons. The van der Waals surface area contributed by atoms with Gasteiger partial charge in [-0.2, -0.15) is 0 Å². The molecule has 0 aliphatic carbocycles. The van der Waals surface area contributed by atoms with Crippen molar-refractivity contribution in [2.45, 2.75) is 40.8 Å². The second kappa shape index (κ2) is 6.72. The highest BCUT2D eigenvalue weighted by Gasteiger charge is 2.13. The van der Waals surface area contributed by atoms with E-state index >= 15 is 0 Å². The molecule has 0 radical (unpaired) electrons. The van der Waals surface area contributed by atoms with Crippen molar-refractivity contribution in [1.29, 1.82) is 0 Å². The fourth-order valence-corrected chi connectivity index (χ4v) is 0.459. The maximum Gasteiger partial charge on any atom is 0.169 e. The lowest BCUT2D eigenvalue weighted by Crippen LogP contribution is -2.17. The molecule has 0 bridgehead atoms. The van der Waals surface area contributed by atoms with Crippen molar-refractivity contribution < 1.29 is 9.18 Å². The zero-order valence-electron chi connectivity index (χ0n) is 7.44. The van der Waals surface area contributed by atoms with Crippen molar-refractivity contribution in [3.63, 3.8) is 0 Å². The Morgan fingerprint density at radius 3 is 1.50 bits per heavy atom. The average molecular weight is 148 g/mol. The number of ketones is 1. The Labute approximate surface area is 62.6 Å². The lowest BCUT2D eigenvalue weighted by atomic mass is 10.1. The predicted molar refractivity (Wildman–Crippen MR) is 41.8 cm³/mol. The minimum Gasteiger partial charge on any atom is -0.296 e. The topological polar surface area (TPSA) is 17.1 Å². The second-order valence-electron chi connectivity index (χ2n) is 2.17. The summed E-state index contributed by atoms with van der Waals surface area (Å²) in [6.45, 7) is 8.65. The van der Waals surface area contributed by atoms with E-state index in [0.717, 1.165) is 0 Å². The maximum absolute atomic E-state index is 12.0. The Morgan fingerprint density at radius 2 is 1.50 bits per heavy atom. The van der Waals surface area contributed by atoms with Crippen molar-refractivity contribution in [1.82, 2.24) is 0 Å². The summed E-state index contributed by atoms with van der Waals surface area (Å²) in [5.41, 5.74) is 0. The second-order valence-corrected chi connectivity index (χ2v) is 2.17. The Morgan fingerprint density at radius 1 is 1.20 bits per heavy atom. The molecule has 2 heteroatoms. The first-order valence-electron chi connectivity index (χ1n) is 3.73. The van der Waals surface area contributed by atoms with Gasteiger partial charge in [0.05, 0.1) is 0 Å². The van der Waals surface area contributed by atoms with Crippen LogP contribution in [0.1, 0.15) is 34.6 Å². The Hall–Kier alpha value is -0.400. The van der Waals surface area contributed by atoms with Crippen LogP contribution in [0.25, 0.3) is 0 Å². The Kier molecular flexibility index (Phi) is 8.26. The van der Waals surface area contributed by atoms with Gasteiger partial charge in [-0.25, -0.2) is 4.39 Å². The third kappa shape index (κ3) is 5.73. The lowest BCUT2D eigenvalue weighted by molar-refractivity contribution is -0.126. The van der Waals surface area contributed by atoms with Gasteiger partial charge in [0.15, 0.2) is 12.0 Å². The quantitative estimate of drug-likeness (QED) is 0.588. The van der Waals surface area contributed by atoms with Crippen molar-refractivity contribution >= 4 is 5.78 Å². The van der Waals surface area contributed by atoms with Crippen LogP contribution in [-0.4, -0.2) is 12.0 Å². The number of carbonyl (C=O) groups excluding carboxylic acids is 1. The molecule has 0 aromatic rings. The molecule has 0 aromatic heterocycles. The van der Waals surface area contributed by atoms with Gasteiger partial charge in [0, 0.05) is 5.92 Å². The fraction of sp³-hybridized carbons (Fsp3) is 0.875. The monoisotopic (exact) mass is 148 g/mol. The van der Waals surface area contributed by atoms with E-state index < -0.39 is 6.17 Å². The van der Waals surface area contributed by atoms with Gasteiger partial charge >= 0.3 is 0 Å². The fourth-order valence-electron chi connectivity index (χ4n) is 0.459. The molecule has 0 aromatic carbocycles. The van der Waals surface area contributed by atoms with Gasteiger partial charge in [-0.3, -0.25) is 4.79 Å². The van der Waals surface area contributed by atoms with Gasteiger partial charge in [-0.15, -0.1) is 0 Å². The normalized spacial score (nSPS) is 11.9. The van der Waals surface area contributed by atoms with Crippen LogP contribution in [0, 0.1) is 5.92 Å². The smallest absolute Gasteiger partial charge is 0.169 e. The largest absolute Gasteiger partial charge is 0.296 e. The van der Waals surface area contributed by atoms with E-state index in [2.05, 4.69) is 0 Å². The van der Waals surface area contributed by atoms with Gasteiger partial charge in [-0.05, 0) is 6.92 Å². The van der Waals surface area contributed by atoms with Crippen molar-refractivity contribution in [3.8, 4) is 0 Å². The van der Waals surface area contributed by atoms with Crippen LogP contribution >= 0.6 is 0 Å². The van der Waals surface area contributed by atoms with E-state index in [-0.39, 0.29) is 11.7 Å². The molecule has 0 fully saturated rings. The molecule has 0 saturated carbocycles. The van der Waals surface area contributed by atoms with E-state index in [1.54, 1.807) is 13.8 Å². The number of hydrogen-bond donors (Lipinski definition) is 0. The van der Waals surface area contributed by atoms with Gasteiger partial charge in [0.25, 0.3) is 0 Å². The molecule has 1 nitrogen and oxygen atoms in total. The SMILES string of the molecule is CC.CC(C)C(=O)C(C)F. The van der Waals surface area contributed by atoms with E-state index in [1.807, 2.05) is 13.8 Å². The molecule has 0 spiro atoms. The first-order chi connectivity index (χ1) is 4.55. The first kappa shape index (κ1) is 12.3. The van der Waals surface area contributed by atoms with Gasteiger partial charge in [0.1, 0.15) is 0 Å². The Balaban J connectivity index is 0. The number of rotatable bonds is 2. The summed E-state index contributed by atoms with van der Waals surface area (Å²) in [5.74, 6) is -0.486. The van der Waals surface area contributed by atoms with Crippen LogP contribution in [0.5, 0.6) is 0 Å². The Bertz CT molecular complexity index is 77.3. The number of Topliss-reactive ketones (excluding diaryl/α,β-unsaturated/α-hetero) is 1. The summed E-state index contributed by atoms with van der Waals surface area (Å²) in [6.07, 6.45) is -1.30. The van der Waals surface area contributed by atoms with Gasteiger partial charge in [-0.1, -0.05) is 27.7 Å². The van der Waals surface area contributed by atoms with Crippen molar-refractivity contribution in [2.75, 3.05) is 0 Å². The number of alkyl halides is 1. The summed E-state index contributed by atoms with van der Waals surface area (Å²) in [4.78, 5) is 10.5. The molecular weight excluding hydrogens is 131 g/mol. The molecule has 1 atom stereocenters. The van der Waals surface area contributed by atoms with E-state index in [1.165, 1.54) is 6.92 Å². The third-order valence-corrected chi connectivity index (χ3v) is 0.961. The standard InChI is InChI=1S/C6H11FO.C2H6/c1-4(2)6(8)5(3)7;1-2/h4-5H,1-3H3;1-2H3. The highest BCUT2D eigenvalue weighted by atomic mass is 19.1. The molecule has 0 saturated heterocycles. The van der Waals surface area contributed by atoms with Gasteiger partial charge < -0.3 is 0 Å². The number of halogens is 1. The molecule has 0 amide bonds. The van der Waals surface area contributed by atoms with Crippen LogP contribution in [0.2, 0.25) is 0 Å². The highest BCUT2D eigenvalue weighted by molar-refractivity contribution is 5.84. The van der Waals surface area contributed by atoms with Crippen LogP contribution in [0.15, 0.2) is 0 Å². The van der Waals surface area contributed by atoms with Crippen LogP contribution in [0.3, 0.4) is 0 Å². The lowest BCUT2D eigenvalue weighted by Gasteiger charge is -2.01. The molecular formula is C8H17FO. The molecule has 10 heavy (non-hydrogen) atoms. The number of carbonyl (C=O) groups is 1. The van der Waals surface area contributed by atoms with Crippen LogP contribution in [-0.2, 0) is 4.79 Å². The first-order valence-corrected chi connectivity index (χ1v) is 3.73. The van der Waals surface area contributed by atoms with E-state index in [9.17, 15) is 9.18 Å². The van der Waals surface area contributed by atoms with E-state index in [4.69, 9.17) is 0 Å².